The van der Waals surface area contributed by atoms with E-state index in [1.165, 1.54) is 38.2 Å². The lowest BCUT2D eigenvalue weighted by atomic mass is 9.93. The average molecular weight is 246 g/mol. The number of aromatic hydroxyl groups is 1. The van der Waals surface area contributed by atoms with Gasteiger partial charge in [0.2, 0.25) is 0 Å². The Balaban J connectivity index is 1.78. The lowest BCUT2D eigenvalue weighted by Gasteiger charge is -2.32. The van der Waals surface area contributed by atoms with Gasteiger partial charge in [-0.15, -0.1) is 0 Å². The number of nitrogens with one attached hydrogen (secondary N) is 1. The Morgan fingerprint density at radius 2 is 1.94 bits per heavy atom. The predicted molar refractivity (Wildman–Crippen MR) is 74.2 cm³/mol. The average Bonchev–Trinajstić information content (AvgIpc) is 2.72. The first-order chi connectivity index (χ1) is 8.63. The van der Waals surface area contributed by atoms with Crippen molar-refractivity contribution >= 4 is 5.69 Å². The minimum Gasteiger partial charge on any atom is -0.508 e. The molecule has 0 amide bonds. The number of benzene rings is 1. The summed E-state index contributed by atoms with van der Waals surface area (Å²) in [6.07, 6.45) is 2.57. The molecule has 2 fully saturated rings. The summed E-state index contributed by atoms with van der Waals surface area (Å²) in [4.78, 5) is 2.57. The Morgan fingerprint density at radius 3 is 2.78 bits per heavy atom. The van der Waals surface area contributed by atoms with E-state index in [2.05, 4.69) is 23.2 Å². The van der Waals surface area contributed by atoms with Crippen molar-refractivity contribution in [1.82, 2.24) is 4.90 Å². The maximum Gasteiger partial charge on any atom is 0.118 e. The predicted octanol–water partition coefficient (Wildman–Crippen LogP) is 2.52. The zero-order chi connectivity index (χ0) is 12.7. The van der Waals surface area contributed by atoms with Gasteiger partial charge in [-0.25, -0.2) is 0 Å². The molecule has 3 nitrogen and oxygen atoms in total. The number of fused-ring (bicyclic) bond motifs is 2. The maximum atomic E-state index is 9.70. The van der Waals surface area contributed by atoms with Gasteiger partial charge in [0.15, 0.2) is 0 Å². The van der Waals surface area contributed by atoms with Gasteiger partial charge >= 0.3 is 0 Å². The van der Waals surface area contributed by atoms with Crippen LogP contribution in [-0.2, 0) is 0 Å². The van der Waals surface area contributed by atoms with E-state index >= 15 is 0 Å². The molecule has 3 heteroatoms. The molecule has 0 spiro atoms. The van der Waals surface area contributed by atoms with Crippen LogP contribution in [0, 0.1) is 19.8 Å². The molecule has 0 saturated carbocycles. The van der Waals surface area contributed by atoms with Crippen molar-refractivity contribution in [3.8, 4) is 5.75 Å². The summed E-state index contributed by atoms with van der Waals surface area (Å²) in [7, 11) is 0. The first-order valence-corrected chi connectivity index (χ1v) is 6.92. The SMILES string of the molecule is Cc1cc(NC2CCN3CCC2C3)c(C)cc1O. The van der Waals surface area contributed by atoms with Crippen LogP contribution in [0.5, 0.6) is 5.75 Å². The minimum absolute atomic E-state index is 0.397. The van der Waals surface area contributed by atoms with Crippen LogP contribution in [0.1, 0.15) is 24.0 Å². The summed E-state index contributed by atoms with van der Waals surface area (Å²) in [6, 6.07) is 4.54. The number of anilines is 1. The van der Waals surface area contributed by atoms with Crippen molar-refractivity contribution in [2.45, 2.75) is 32.7 Å². The molecule has 1 aromatic carbocycles. The molecule has 0 aromatic heterocycles. The molecule has 0 aliphatic carbocycles. The standard InChI is InChI=1S/C15H22N2O/c1-10-8-15(18)11(2)7-14(10)16-13-4-6-17-5-3-12(13)9-17/h7-8,12-13,16,18H,3-6,9H2,1-2H3. The fourth-order valence-corrected chi connectivity index (χ4v) is 3.30. The second-order valence-corrected chi connectivity index (χ2v) is 5.84. The van der Waals surface area contributed by atoms with E-state index in [0.29, 0.717) is 11.8 Å². The van der Waals surface area contributed by atoms with Gasteiger partial charge in [-0.1, -0.05) is 0 Å². The van der Waals surface area contributed by atoms with E-state index in [-0.39, 0.29) is 0 Å². The zero-order valence-electron chi connectivity index (χ0n) is 11.2. The lowest BCUT2D eigenvalue weighted by Crippen LogP contribution is -2.39. The molecule has 98 valence electrons. The highest BCUT2D eigenvalue weighted by molar-refractivity contribution is 5.57. The molecule has 2 heterocycles. The molecule has 3 rings (SSSR count). The molecular weight excluding hydrogens is 224 g/mol. The molecule has 2 bridgehead atoms. The van der Waals surface area contributed by atoms with Crippen molar-refractivity contribution in [3.63, 3.8) is 0 Å². The highest BCUT2D eigenvalue weighted by Crippen LogP contribution is 2.32. The van der Waals surface area contributed by atoms with E-state index < -0.39 is 0 Å². The van der Waals surface area contributed by atoms with Crippen LogP contribution in [0.4, 0.5) is 5.69 Å². The molecule has 2 aliphatic heterocycles. The third-order valence-electron chi connectivity index (χ3n) is 4.52. The molecule has 1 aromatic rings. The van der Waals surface area contributed by atoms with Gasteiger partial charge in [0.25, 0.3) is 0 Å². The van der Waals surface area contributed by atoms with Crippen LogP contribution >= 0.6 is 0 Å². The quantitative estimate of drug-likeness (QED) is 0.787. The minimum atomic E-state index is 0.397. The summed E-state index contributed by atoms with van der Waals surface area (Å²) in [5.41, 5.74) is 3.28. The zero-order valence-corrected chi connectivity index (χ0v) is 11.2. The Hall–Kier alpha value is -1.22. The van der Waals surface area contributed by atoms with Crippen LogP contribution in [0.2, 0.25) is 0 Å². The third kappa shape index (κ3) is 2.07. The number of hydrogen-bond acceptors (Lipinski definition) is 3. The van der Waals surface area contributed by atoms with Crippen LogP contribution in [0.3, 0.4) is 0 Å². The third-order valence-corrected chi connectivity index (χ3v) is 4.52. The number of aryl methyl sites for hydroxylation is 2. The first kappa shape index (κ1) is 11.8. The van der Waals surface area contributed by atoms with Gasteiger partial charge in [0, 0.05) is 24.8 Å². The van der Waals surface area contributed by atoms with Crippen molar-refractivity contribution in [2.24, 2.45) is 5.92 Å². The molecular formula is C15H22N2O. The number of phenols is 1. The summed E-state index contributed by atoms with van der Waals surface area (Å²) in [5.74, 6) is 1.20. The van der Waals surface area contributed by atoms with E-state index in [1.807, 2.05) is 13.0 Å². The smallest absolute Gasteiger partial charge is 0.118 e. The van der Waals surface area contributed by atoms with Crippen molar-refractivity contribution in [3.05, 3.63) is 23.3 Å². The van der Waals surface area contributed by atoms with Crippen molar-refractivity contribution < 1.29 is 5.11 Å². The lowest BCUT2D eigenvalue weighted by molar-refractivity contribution is 0.255. The maximum absolute atomic E-state index is 9.70. The number of rotatable bonds is 2. The van der Waals surface area contributed by atoms with Crippen LogP contribution in [-0.4, -0.2) is 35.7 Å². The van der Waals surface area contributed by atoms with Gasteiger partial charge in [-0.3, -0.25) is 0 Å². The number of piperidine rings is 1. The van der Waals surface area contributed by atoms with E-state index in [0.717, 1.165) is 17.0 Å². The summed E-state index contributed by atoms with van der Waals surface area (Å²) in [6.45, 7) is 7.78. The fourth-order valence-electron chi connectivity index (χ4n) is 3.30. The van der Waals surface area contributed by atoms with Crippen molar-refractivity contribution in [2.75, 3.05) is 25.0 Å². The summed E-state index contributed by atoms with van der Waals surface area (Å²) in [5, 5.41) is 13.4. The molecule has 18 heavy (non-hydrogen) atoms. The van der Waals surface area contributed by atoms with E-state index in [1.54, 1.807) is 0 Å². The largest absolute Gasteiger partial charge is 0.508 e. The second-order valence-electron chi connectivity index (χ2n) is 5.84. The molecule has 2 saturated heterocycles. The van der Waals surface area contributed by atoms with E-state index in [4.69, 9.17) is 0 Å². The second kappa shape index (κ2) is 4.47. The van der Waals surface area contributed by atoms with Gasteiger partial charge < -0.3 is 15.3 Å². The van der Waals surface area contributed by atoms with E-state index in [9.17, 15) is 5.11 Å². The van der Waals surface area contributed by atoms with Crippen molar-refractivity contribution in [1.29, 1.82) is 0 Å². The highest BCUT2D eigenvalue weighted by atomic mass is 16.3. The van der Waals surface area contributed by atoms with Crippen LogP contribution in [0.25, 0.3) is 0 Å². The Labute approximate surface area is 109 Å². The molecule has 2 aliphatic rings. The summed E-state index contributed by atoms with van der Waals surface area (Å²) < 4.78 is 0. The van der Waals surface area contributed by atoms with Gasteiger partial charge in [-0.05, 0) is 62.4 Å². The highest BCUT2D eigenvalue weighted by Gasteiger charge is 2.34. The Kier molecular flexibility index (Phi) is 2.94. The summed E-state index contributed by atoms with van der Waals surface area (Å²) >= 11 is 0. The van der Waals surface area contributed by atoms with Gasteiger partial charge in [-0.2, -0.15) is 0 Å². The Bertz CT molecular complexity index is 458. The number of hydrogen-bond donors (Lipinski definition) is 2. The van der Waals surface area contributed by atoms with Crippen LogP contribution in [0.15, 0.2) is 12.1 Å². The fraction of sp³-hybridized carbons (Fsp3) is 0.600. The first-order valence-electron chi connectivity index (χ1n) is 6.92. The number of phenolic OH excluding ortho intramolecular Hbond substituents is 1. The topological polar surface area (TPSA) is 35.5 Å². The Morgan fingerprint density at radius 1 is 1.17 bits per heavy atom. The van der Waals surface area contributed by atoms with Crippen LogP contribution < -0.4 is 5.32 Å². The van der Waals surface area contributed by atoms with Gasteiger partial charge in [0.05, 0.1) is 0 Å². The number of nitrogens with zero attached hydrogens (tertiary/aromatic N) is 1. The molecule has 0 radical (unpaired) electrons. The van der Waals surface area contributed by atoms with Gasteiger partial charge in [0.1, 0.15) is 5.75 Å². The molecule has 3 unspecified atom stereocenters. The molecule has 2 N–H and O–H groups in total. The normalized spacial score (nSPS) is 30.4. The molecule has 3 atom stereocenters. The monoisotopic (exact) mass is 246 g/mol.